The van der Waals surface area contributed by atoms with Crippen molar-refractivity contribution in [1.82, 2.24) is 9.21 Å². The third-order valence-electron chi connectivity index (χ3n) is 4.40. The van der Waals surface area contributed by atoms with Gasteiger partial charge in [0.25, 0.3) is 0 Å². The summed E-state index contributed by atoms with van der Waals surface area (Å²) in [4.78, 5) is 1.91. The molecule has 26 heavy (non-hydrogen) atoms. The van der Waals surface area contributed by atoms with Gasteiger partial charge in [0.1, 0.15) is 17.7 Å². The van der Waals surface area contributed by atoms with Gasteiger partial charge in [-0.1, -0.05) is 12.1 Å². The van der Waals surface area contributed by atoms with Crippen LogP contribution in [-0.4, -0.2) is 43.8 Å². The van der Waals surface area contributed by atoms with Crippen molar-refractivity contribution in [2.24, 2.45) is 0 Å². The van der Waals surface area contributed by atoms with Crippen molar-refractivity contribution >= 4 is 10.0 Å². The molecule has 2 aromatic carbocycles. The predicted octanol–water partition coefficient (Wildman–Crippen LogP) is 2.54. The van der Waals surface area contributed by atoms with Gasteiger partial charge >= 0.3 is 0 Å². The first kappa shape index (κ1) is 18.5. The second kappa shape index (κ2) is 7.50. The van der Waals surface area contributed by atoms with Crippen molar-refractivity contribution in [1.29, 1.82) is 5.26 Å². The molecule has 1 heterocycles. The Morgan fingerprint density at radius 3 is 1.88 bits per heavy atom. The van der Waals surface area contributed by atoms with E-state index >= 15 is 0 Å². The number of nitrogens with zero attached hydrogens (tertiary/aromatic N) is 3. The monoisotopic (exact) mass is 377 g/mol. The molecule has 0 spiro atoms. The molecular formula is C18H17F2N3O2S. The summed E-state index contributed by atoms with van der Waals surface area (Å²) >= 11 is 0. The average Bonchev–Trinajstić information content (AvgIpc) is 2.65. The highest BCUT2D eigenvalue weighted by molar-refractivity contribution is 7.89. The first-order valence-corrected chi connectivity index (χ1v) is 9.50. The minimum atomic E-state index is -3.70. The molecule has 1 atom stereocenters. The second-order valence-corrected chi connectivity index (χ2v) is 7.92. The van der Waals surface area contributed by atoms with Crippen molar-refractivity contribution in [3.63, 3.8) is 0 Å². The topological polar surface area (TPSA) is 64.4 Å². The van der Waals surface area contributed by atoms with Gasteiger partial charge in [-0.2, -0.15) is 9.57 Å². The molecule has 1 aliphatic rings. The zero-order chi connectivity index (χ0) is 18.7. The molecule has 3 rings (SSSR count). The number of sulfonamides is 1. The molecule has 0 aromatic heterocycles. The number of hydrogen-bond donors (Lipinski definition) is 0. The Bertz CT molecular complexity index is 901. The van der Waals surface area contributed by atoms with Crippen LogP contribution in [0.2, 0.25) is 0 Å². The standard InChI is InChI=1S/C18H17F2N3O2S/c19-15-3-1-14(2-4-15)18(13-21)22-9-11-23(12-10-22)26(24,25)17-7-5-16(20)6-8-17/h1-8,18H,9-12H2. The van der Waals surface area contributed by atoms with Gasteiger partial charge in [-0.3, -0.25) is 4.90 Å². The van der Waals surface area contributed by atoms with E-state index in [1.165, 1.54) is 28.6 Å². The summed E-state index contributed by atoms with van der Waals surface area (Å²) in [6.07, 6.45) is 0. The van der Waals surface area contributed by atoms with E-state index in [1.807, 2.05) is 4.90 Å². The minimum absolute atomic E-state index is 0.0442. The molecule has 0 N–H and O–H groups in total. The van der Waals surface area contributed by atoms with Crippen LogP contribution in [0, 0.1) is 23.0 Å². The van der Waals surface area contributed by atoms with Crippen LogP contribution in [0.3, 0.4) is 0 Å². The van der Waals surface area contributed by atoms with Gasteiger partial charge in [-0.05, 0) is 42.0 Å². The summed E-state index contributed by atoms with van der Waals surface area (Å²) in [6.45, 7) is 1.18. The van der Waals surface area contributed by atoms with Crippen LogP contribution in [0.4, 0.5) is 8.78 Å². The molecule has 0 amide bonds. The number of nitriles is 1. The Kier molecular flexibility index (Phi) is 5.32. The highest BCUT2D eigenvalue weighted by Crippen LogP contribution is 2.24. The number of halogens is 2. The normalized spacial score (nSPS) is 17.6. The molecule has 2 aromatic rings. The fraction of sp³-hybridized carbons (Fsp3) is 0.278. The van der Waals surface area contributed by atoms with Crippen molar-refractivity contribution in [2.45, 2.75) is 10.9 Å². The van der Waals surface area contributed by atoms with E-state index < -0.39 is 21.9 Å². The molecule has 0 radical (unpaired) electrons. The third kappa shape index (κ3) is 3.75. The fourth-order valence-electron chi connectivity index (χ4n) is 2.97. The third-order valence-corrected chi connectivity index (χ3v) is 6.31. The van der Waals surface area contributed by atoms with Crippen LogP contribution in [0.25, 0.3) is 0 Å². The van der Waals surface area contributed by atoms with Crippen molar-refractivity contribution < 1.29 is 17.2 Å². The number of hydrogen-bond acceptors (Lipinski definition) is 4. The summed E-state index contributed by atoms with van der Waals surface area (Å²) in [6, 6.07) is 12.1. The highest BCUT2D eigenvalue weighted by atomic mass is 32.2. The SMILES string of the molecule is N#CC(c1ccc(F)cc1)N1CCN(S(=O)(=O)c2ccc(F)cc2)CC1. The molecule has 8 heteroatoms. The van der Waals surface area contributed by atoms with Gasteiger partial charge in [0.05, 0.1) is 11.0 Å². The molecular weight excluding hydrogens is 360 g/mol. The molecule has 0 saturated carbocycles. The van der Waals surface area contributed by atoms with Crippen LogP contribution in [0.5, 0.6) is 0 Å². The lowest BCUT2D eigenvalue weighted by molar-refractivity contribution is 0.162. The second-order valence-electron chi connectivity index (χ2n) is 5.98. The quantitative estimate of drug-likeness (QED) is 0.821. The lowest BCUT2D eigenvalue weighted by Gasteiger charge is -2.36. The van der Waals surface area contributed by atoms with Crippen molar-refractivity contribution in [3.05, 3.63) is 65.7 Å². The maximum atomic E-state index is 13.1. The molecule has 5 nitrogen and oxygen atoms in total. The minimum Gasteiger partial charge on any atom is -0.282 e. The van der Waals surface area contributed by atoms with Gasteiger partial charge in [-0.15, -0.1) is 0 Å². The zero-order valence-electron chi connectivity index (χ0n) is 13.8. The van der Waals surface area contributed by atoms with Crippen LogP contribution in [-0.2, 0) is 10.0 Å². The molecule has 1 aliphatic heterocycles. The van der Waals surface area contributed by atoms with E-state index in [1.54, 1.807) is 12.1 Å². The smallest absolute Gasteiger partial charge is 0.243 e. The first-order chi connectivity index (χ1) is 12.4. The van der Waals surface area contributed by atoms with Gasteiger partial charge in [0.15, 0.2) is 0 Å². The van der Waals surface area contributed by atoms with Gasteiger partial charge < -0.3 is 0 Å². The van der Waals surface area contributed by atoms with E-state index in [2.05, 4.69) is 6.07 Å². The molecule has 136 valence electrons. The van der Waals surface area contributed by atoms with Crippen LogP contribution < -0.4 is 0 Å². The zero-order valence-corrected chi connectivity index (χ0v) is 14.7. The van der Waals surface area contributed by atoms with Crippen molar-refractivity contribution in [2.75, 3.05) is 26.2 Å². The van der Waals surface area contributed by atoms with Crippen LogP contribution >= 0.6 is 0 Å². The maximum absolute atomic E-state index is 13.1. The van der Waals surface area contributed by atoms with Gasteiger partial charge in [0.2, 0.25) is 10.0 Å². The van der Waals surface area contributed by atoms with E-state index in [0.29, 0.717) is 18.7 Å². The lowest BCUT2D eigenvalue weighted by Crippen LogP contribution is -2.49. The van der Waals surface area contributed by atoms with E-state index in [-0.39, 0.29) is 23.8 Å². The summed E-state index contributed by atoms with van der Waals surface area (Å²) in [5, 5.41) is 9.48. The summed E-state index contributed by atoms with van der Waals surface area (Å²) < 4.78 is 52.7. The Morgan fingerprint density at radius 1 is 0.885 bits per heavy atom. The summed E-state index contributed by atoms with van der Waals surface area (Å²) in [5.74, 6) is -0.870. The number of benzene rings is 2. The number of rotatable bonds is 4. The van der Waals surface area contributed by atoms with Crippen LogP contribution in [0.1, 0.15) is 11.6 Å². The van der Waals surface area contributed by atoms with Crippen LogP contribution in [0.15, 0.2) is 53.4 Å². The highest BCUT2D eigenvalue weighted by Gasteiger charge is 2.31. The number of piperazine rings is 1. The molecule has 0 bridgehead atoms. The fourth-order valence-corrected chi connectivity index (χ4v) is 4.39. The maximum Gasteiger partial charge on any atom is 0.243 e. The van der Waals surface area contributed by atoms with Gasteiger partial charge in [-0.25, -0.2) is 17.2 Å². The predicted molar refractivity (Wildman–Crippen MR) is 91.5 cm³/mol. The van der Waals surface area contributed by atoms with Gasteiger partial charge in [0, 0.05) is 26.2 Å². The molecule has 1 saturated heterocycles. The Balaban J connectivity index is 1.71. The largest absolute Gasteiger partial charge is 0.282 e. The Hall–Kier alpha value is -2.34. The van der Waals surface area contributed by atoms with E-state index in [0.717, 1.165) is 12.1 Å². The first-order valence-electron chi connectivity index (χ1n) is 8.06. The van der Waals surface area contributed by atoms with Crippen molar-refractivity contribution in [3.8, 4) is 6.07 Å². The van der Waals surface area contributed by atoms with E-state index in [4.69, 9.17) is 0 Å². The average molecular weight is 377 g/mol. The Labute approximate surface area is 151 Å². The molecule has 1 unspecified atom stereocenters. The molecule has 1 fully saturated rings. The lowest BCUT2D eigenvalue weighted by atomic mass is 10.1. The molecule has 0 aliphatic carbocycles. The summed E-state index contributed by atoms with van der Waals surface area (Å²) in [5.41, 5.74) is 0.670. The summed E-state index contributed by atoms with van der Waals surface area (Å²) in [7, 11) is -3.70. The van der Waals surface area contributed by atoms with E-state index in [9.17, 15) is 22.5 Å². The Morgan fingerprint density at radius 2 is 1.38 bits per heavy atom.